The molecule has 1 fully saturated rings. The molecule has 2 atom stereocenters. The second-order valence-corrected chi connectivity index (χ2v) is 13.5. The monoisotopic (exact) mass is 510 g/mol. The summed E-state index contributed by atoms with van der Waals surface area (Å²) in [7, 11) is -1.40. The molecule has 0 bridgehead atoms. The van der Waals surface area contributed by atoms with E-state index in [0.29, 0.717) is 0 Å². The van der Waals surface area contributed by atoms with Crippen LogP contribution in [0.4, 0.5) is 0 Å². The molecule has 0 N–H and O–H groups in total. The van der Waals surface area contributed by atoms with Crippen molar-refractivity contribution >= 4 is 28.4 Å². The molecule has 0 spiro atoms. The van der Waals surface area contributed by atoms with Gasteiger partial charge in [-0.05, 0) is 52.7 Å². The molecule has 34 heavy (non-hydrogen) atoms. The van der Waals surface area contributed by atoms with Crippen LogP contribution in [-0.2, 0) is 20.3 Å². The summed E-state index contributed by atoms with van der Waals surface area (Å²) in [5.41, 5.74) is 0.0553. The van der Waals surface area contributed by atoms with Gasteiger partial charge in [0.25, 0.3) is 0 Å². The summed E-state index contributed by atoms with van der Waals surface area (Å²) in [5, 5.41) is 0. The molecule has 5 heteroatoms. The van der Waals surface area contributed by atoms with Crippen molar-refractivity contribution in [1.29, 1.82) is 0 Å². The molecule has 2 unspecified atom stereocenters. The molecule has 1 aromatic rings. The third-order valence-corrected chi connectivity index (χ3v) is 9.50. The van der Waals surface area contributed by atoms with Crippen molar-refractivity contribution in [1.82, 2.24) is 0 Å². The smallest absolute Gasteiger partial charge is 0.306 e. The summed E-state index contributed by atoms with van der Waals surface area (Å²) in [5.74, 6) is -0.225. The molecule has 0 aromatic heterocycles. The molecule has 0 saturated heterocycles. The first-order valence-electron chi connectivity index (χ1n) is 13.5. The van der Waals surface area contributed by atoms with Gasteiger partial charge in [-0.15, -0.1) is 11.6 Å². The molecule has 0 heterocycles. The first-order chi connectivity index (χ1) is 16.1. The van der Waals surface area contributed by atoms with Gasteiger partial charge in [0, 0.05) is 10.3 Å². The number of hydrogen-bond acceptors (Lipinski definition) is 3. The number of hydrogen-bond donors (Lipinski definition) is 0. The molecule has 1 aliphatic rings. The van der Waals surface area contributed by atoms with Crippen LogP contribution < -0.4 is 0 Å². The molecule has 0 radical (unpaired) electrons. The largest absolute Gasteiger partial charge is 0.460 e. The number of esters is 1. The lowest BCUT2D eigenvalue weighted by atomic mass is 9.76. The maximum atomic E-state index is 13.7. The Labute approximate surface area is 216 Å². The van der Waals surface area contributed by atoms with E-state index in [1.54, 1.807) is 0 Å². The maximum Gasteiger partial charge on any atom is 0.306 e. The lowest BCUT2D eigenvalue weighted by molar-refractivity contribution is -0.157. The lowest BCUT2D eigenvalue weighted by Crippen LogP contribution is -2.39. The van der Waals surface area contributed by atoms with E-state index in [1.165, 1.54) is 51.4 Å². The van der Waals surface area contributed by atoms with E-state index in [4.69, 9.17) is 16.3 Å². The molecule has 0 aliphatic heterocycles. The second-order valence-electron chi connectivity index (χ2n) is 11.3. The van der Waals surface area contributed by atoms with Gasteiger partial charge in [0.15, 0.2) is 0 Å². The third kappa shape index (κ3) is 10.4. The first kappa shape index (κ1) is 29.4. The standard InChI is InChI=1S/C29H47ClO3S/c1-24-17-19-25(20-18-24)34(32)27(30)29(23-26(31)33-28(2,3)4)21-15-13-11-9-7-5-6-8-10-12-14-16-22-29/h17-20,27H,5-16,21-23H2,1-4H3. The van der Waals surface area contributed by atoms with Gasteiger partial charge in [-0.2, -0.15) is 0 Å². The highest BCUT2D eigenvalue weighted by Crippen LogP contribution is 2.45. The predicted molar refractivity (Wildman–Crippen MR) is 145 cm³/mol. The van der Waals surface area contributed by atoms with Crippen LogP contribution in [0.15, 0.2) is 29.2 Å². The van der Waals surface area contributed by atoms with Crippen LogP contribution in [0.1, 0.15) is 123 Å². The van der Waals surface area contributed by atoms with Crippen molar-refractivity contribution in [3.05, 3.63) is 29.8 Å². The van der Waals surface area contributed by atoms with Crippen LogP contribution >= 0.6 is 11.6 Å². The average Bonchev–Trinajstić information content (AvgIpc) is 2.77. The van der Waals surface area contributed by atoms with Gasteiger partial charge in [-0.3, -0.25) is 9.00 Å². The topological polar surface area (TPSA) is 43.4 Å². The van der Waals surface area contributed by atoms with Gasteiger partial charge in [0.05, 0.1) is 17.2 Å². The number of aryl methyl sites for hydroxylation is 1. The SMILES string of the molecule is Cc1ccc(S(=O)C(Cl)C2(CC(=O)OC(C)(C)C)CCCCCCCCCCCCCC2)cc1. The Balaban J connectivity index is 2.29. The van der Waals surface area contributed by atoms with Crippen LogP contribution in [0.2, 0.25) is 0 Å². The van der Waals surface area contributed by atoms with Crippen molar-refractivity contribution in [3.63, 3.8) is 0 Å². The van der Waals surface area contributed by atoms with Gasteiger partial charge in [0.2, 0.25) is 0 Å². The van der Waals surface area contributed by atoms with Gasteiger partial charge in [0.1, 0.15) is 10.3 Å². The van der Waals surface area contributed by atoms with Crippen molar-refractivity contribution < 1.29 is 13.7 Å². The number of carbonyl (C=O) groups is 1. The molecular weight excluding hydrogens is 464 g/mol. The fourth-order valence-corrected chi connectivity index (χ4v) is 7.04. The number of halogens is 1. The summed E-state index contributed by atoms with van der Waals surface area (Å²) in [6.07, 6.45) is 16.5. The van der Waals surface area contributed by atoms with Gasteiger partial charge < -0.3 is 4.74 Å². The van der Waals surface area contributed by atoms with Gasteiger partial charge >= 0.3 is 5.97 Å². The average molecular weight is 511 g/mol. The normalized spacial score (nSPS) is 21.0. The highest BCUT2D eigenvalue weighted by atomic mass is 35.5. The van der Waals surface area contributed by atoms with Crippen molar-refractivity contribution in [3.8, 4) is 0 Å². The van der Waals surface area contributed by atoms with Crippen molar-refractivity contribution in [2.45, 2.75) is 139 Å². The van der Waals surface area contributed by atoms with E-state index in [-0.39, 0.29) is 12.4 Å². The van der Waals surface area contributed by atoms with E-state index in [9.17, 15) is 9.00 Å². The summed E-state index contributed by atoms with van der Waals surface area (Å²) in [6.45, 7) is 7.72. The maximum absolute atomic E-state index is 13.7. The predicted octanol–water partition coefficient (Wildman–Crippen LogP) is 8.86. The Kier molecular flexibility index (Phi) is 12.6. The molecular formula is C29H47ClO3S. The first-order valence-corrected chi connectivity index (χ1v) is 15.1. The molecule has 0 amide bonds. The number of alkyl halides is 1. The Hall–Kier alpha value is -0.870. The van der Waals surface area contributed by atoms with E-state index in [0.717, 1.165) is 49.0 Å². The molecule has 3 nitrogen and oxygen atoms in total. The van der Waals surface area contributed by atoms with Gasteiger partial charge in [-0.1, -0.05) is 94.7 Å². The molecule has 1 aliphatic carbocycles. The zero-order valence-electron chi connectivity index (χ0n) is 22.0. The zero-order valence-corrected chi connectivity index (χ0v) is 23.6. The summed E-state index contributed by atoms with van der Waals surface area (Å²) in [6, 6.07) is 7.78. The number of ether oxygens (including phenoxy) is 1. The van der Waals surface area contributed by atoms with E-state index in [1.807, 2.05) is 52.0 Å². The Morgan fingerprint density at radius 2 is 1.29 bits per heavy atom. The van der Waals surface area contributed by atoms with Crippen LogP contribution in [0.25, 0.3) is 0 Å². The van der Waals surface area contributed by atoms with Crippen LogP contribution in [0.5, 0.6) is 0 Å². The fraction of sp³-hybridized carbons (Fsp3) is 0.759. The Morgan fingerprint density at radius 1 is 0.882 bits per heavy atom. The summed E-state index contributed by atoms with van der Waals surface area (Å²) < 4.78 is 18.8. The summed E-state index contributed by atoms with van der Waals surface area (Å²) >= 11 is 7.13. The van der Waals surface area contributed by atoms with E-state index in [2.05, 4.69) is 0 Å². The third-order valence-electron chi connectivity index (χ3n) is 6.94. The molecule has 1 aromatic carbocycles. The summed E-state index contributed by atoms with van der Waals surface area (Å²) in [4.78, 5) is 13.8. The highest BCUT2D eigenvalue weighted by molar-refractivity contribution is 7.87. The van der Waals surface area contributed by atoms with Gasteiger partial charge in [-0.25, -0.2) is 0 Å². The molecule has 2 rings (SSSR count). The molecule has 194 valence electrons. The zero-order chi connectivity index (χ0) is 25.0. The van der Waals surface area contributed by atoms with E-state index >= 15 is 0 Å². The minimum Gasteiger partial charge on any atom is -0.460 e. The quantitative estimate of drug-likeness (QED) is 0.293. The number of rotatable bonds is 5. The minimum atomic E-state index is -1.40. The highest BCUT2D eigenvalue weighted by Gasteiger charge is 2.43. The lowest BCUT2D eigenvalue weighted by Gasteiger charge is -2.38. The van der Waals surface area contributed by atoms with Crippen molar-refractivity contribution in [2.75, 3.05) is 0 Å². The fourth-order valence-electron chi connectivity index (χ4n) is 5.01. The van der Waals surface area contributed by atoms with Crippen LogP contribution in [0.3, 0.4) is 0 Å². The second kappa shape index (κ2) is 14.6. The van der Waals surface area contributed by atoms with E-state index < -0.39 is 26.5 Å². The Bertz CT molecular complexity index is 738. The Morgan fingerprint density at radius 3 is 1.71 bits per heavy atom. The van der Waals surface area contributed by atoms with Crippen LogP contribution in [0, 0.1) is 12.3 Å². The minimum absolute atomic E-state index is 0.225. The number of benzene rings is 1. The molecule has 1 saturated carbocycles. The van der Waals surface area contributed by atoms with Crippen LogP contribution in [-0.4, -0.2) is 20.5 Å². The van der Waals surface area contributed by atoms with Crippen molar-refractivity contribution in [2.24, 2.45) is 5.41 Å². The number of carbonyl (C=O) groups excluding carboxylic acids is 1.